The summed E-state index contributed by atoms with van der Waals surface area (Å²) < 4.78 is 5.79. The van der Waals surface area contributed by atoms with Crippen LogP contribution in [0.5, 0.6) is 0 Å². The fraction of sp³-hybridized carbons (Fsp3) is 0.867. The highest BCUT2D eigenvalue weighted by atomic mass is 32.1. The van der Waals surface area contributed by atoms with Crippen molar-refractivity contribution in [3.63, 3.8) is 0 Å². The molecule has 1 aliphatic rings. The fourth-order valence-electron chi connectivity index (χ4n) is 2.85. The minimum Gasteiger partial charge on any atom is -0.392 e. The second kappa shape index (κ2) is 7.93. The molecule has 0 saturated carbocycles. The first kappa shape index (κ1) is 17.4. The maximum Gasteiger partial charge on any atom is 0.235 e. The molecule has 2 N–H and O–H groups in total. The molecule has 4 nitrogen and oxygen atoms in total. The summed E-state index contributed by atoms with van der Waals surface area (Å²) in [6, 6.07) is 0. The SMILES string of the molecule is CCCOC1CCCN(C(=O)C(CC)(CC)C(N)=S)C1. The van der Waals surface area contributed by atoms with Crippen LogP contribution in [0.25, 0.3) is 0 Å². The van der Waals surface area contributed by atoms with E-state index in [0.29, 0.717) is 24.4 Å². The second-order valence-electron chi connectivity index (χ2n) is 5.54. The van der Waals surface area contributed by atoms with E-state index in [1.807, 2.05) is 18.7 Å². The van der Waals surface area contributed by atoms with Crippen LogP contribution in [0, 0.1) is 5.41 Å². The molecule has 116 valence electrons. The normalized spacial score (nSPS) is 19.9. The monoisotopic (exact) mass is 300 g/mol. The van der Waals surface area contributed by atoms with Gasteiger partial charge in [-0.3, -0.25) is 4.79 Å². The Morgan fingerprint density at radius 2 is 2.05 bits per heavy atom. The Hall–Kier alpha value is -0.680. The number of carbonyl (C=O) groups excluding carboxylic acids is 1. The molecule has 1 aliphatic heterocycles. The summed E-state index contributed by atoms with van der Waals surface area (Å²) in [5.74, 6) is 0.0831. The number of nitrogens with two attached hydrogens (primary N) is 1. The maximum atomic E-state index is 12.8. The van der Waals surface area contributed by atoms with Crippen LogP contribution in [-0.4, -0.2) is 41.6 Å². The van der Waals surface area contributed by atoms with Crippen LogP contribution >= 0.6 is 12.2 Å². The summed E-state index contributed by atoms with van der Waals surface area (Å²) in [6.45, 7) is 8.27. The van der Waals surface area contributed by atoms with Gasteiger partial charge in [0.2, 0.25) is 5.91 Å². The molecule has 0 bridgehead atoms. The summed E-state index contributed by atoms with van der Waals surface area (Å²) in [6.07, 6.45) is 4.50. The molecule has 5 heteroatoms. The topological polar surface area (TPSA) is 55.6 Å². The molecule has 0 aromatic heterocycles. The molecule has 1 atom stereocenters. The lowest BCUT2D eigenvalue weighted by molar-refractivity contribution is -0.142. The van der Waals surface area contributed by atoms with Gasteiger partial charge in [-0.1, -0.05) is 33.0 Å². The molecule has 0 spiro atoms. The molecule has 1 saturated heterocycles. The van der Waals surface area contributed by atoms with E-state index in [9.17, 15) is 4.79 Å². The first-order valence-corrected chi connectivity index (χ1v) is 8.13. The quantitative estimate of drug-likeness (QED) is 0.734. The largest absolute Gasteiger partial charge is 0.392 e. The molecule has 20 heavy (non-hydrogen) atoms. The van der Waals surface area contributed by atoms with Crippen LogP contribution in [0.4, 0.5) is 0 Å². The third-order valence-corrected chi connectivity index (χ3v) is 4.70. The summed E-state index contributed by atoms with van der Waals surface area (Å²) in [5, 5.41) is 0. The van der Waals surface area contributed by atoms with Gasteiger partial charge in [0.25, 0.3) is 0 Å². The summed E-state index contributed by atoms with van der Waals surface area (Å²) in [5.41, 5.74) is 5.19. The van der Waals surface area contributed by atoms with E-state index in [2.05, 4.69) is 6.92 Å². The second-order valence-corrected chi connectivity index (χ2v) is 5.98. The Labute approximate surface area is 128 Å². The van der Waals surface area contributed by atoms with Crippen molar-refractivity contribution in [3.05, 3.63) is 0 Å². The van der Waals surface area contributed by atoms with Gasteiger partial charge in [0.15, 0.2) is 0 Å². The molecule has 0 aromatic carbocycles. The predicted molar refractivity (Wildman–Crippen MR) is 85.6 cm³/mol. The number of thiocarbonyl (C=S) groups is 1. The molecular weight excluding hydrogens is 272 g/mol. The van der Waals surface area contributed by atoms with Crippen LogP contribution in [-0.2, 0) is 9.53 Å². The van der Waals surface area contributed by atoms with Gasteiger partial charge in [-0.2, -0.15) is 0 Å². The standard InChI is InChI=1S/C15H28N2O2S/c1-4-10-19-12-8-7-9-17(11-12)14(18)15(5-2,6-3)13(16)20/h12H,4-11H2,1-3H3,(H2,16,20). The number of rotatable bonds is 7. The number of carbonyl (C=O) groups is 1. The average Bonchev–Trinajstić information content (AvgIpc) is 2.46. The van der Waals surface area contributed by atoms with Gasteiger partial charge in [0.1, 0.15) is 0 Å². The van der Waals surface area contributed by atoms with Gasteiger partial charge in [-0.25, -0.2) is 0 Å². The van der Waals surface area contributed by atoms with E-state index >= 15 is 0 Å². The zero-order valence-corrected chi connectivity index (χ0v) is 13.8. The Bertz CT molecular complexity index is 343. The zero-order chi connectivity index (χ0) is 15.2. The Kier molecular flexibility index (Phi) is 6.89. The Balaban J connectivity index is 2.76. The van der Waals surface area contributed by atoms with Crippen molar-refractivity contribution in [2.75, 3.05) is 19.7 Å². The van der Waals surface area contributed by atoms with Crippen molar-refractivity contribution < 1.29 is 9.53 Å². The zero-order valence-electron chi connectivity index (χ0n) is 13.0. The number of amides is 1. The molecule has 1 unspecified atom stereocenters. The molecule has 0 aliphatic carbocycles. The van der Waals surface area contributed by atoms with E-state index in [0.717, 1.165) is 32.4 Å². The smallest absolute Gasteiger partial charge is 0.235 e. The van der Waals surface area contributed by atoms with Crippen LogP contribution in [0.15, 0.2) is 0 Å². The molecule has 1 amide bonds. The number of likely N-dealkylation sites (tertiary alicyclic amines) is 1. The first-order chi connectivity index (χ1) is 9.51. The first-order valence-electron chi connectivity index (χ1n) is 7.72. The van der Waals surface area contributed by atoms with Gasteiger partial charge in [0, 0.05) is 19.7 Å². The van der Waals surface area contributed by atoms with Crippen LogP contribution in [0.2, 0.25) is 0 Å². The lowest BCUT2D eigenvalue weighted by atomic mass is 9.80. The lowest BCUT2D eigenvalue weighted by Gasteiger charge is -2.39. The Morgan fingerprint density at radius 1 is 1.40 bits per heavy atom. The number of nitrogens with zero attached hydrogens (tertiary/aromatic N) is 1. The number of hydrogen-bond donors (Lipinski definition) is 1. The Morgan fingerprint density at radius 3 is 2.55 bits per heavy atom. The summed E-state index contributed by atoms with van der Waals surface area (Å²) >= 11 is 5.17. The number of hydrogen-bond acceptors (Lipinski definition) is 3. The van der Waals surface area contributed by atoms with Crippen molar-refractivity contribution in [2.24, 2.45) is 11.1 Å². The van der Waals surface area contributed by atoms with Gasteiger partial charge < -0.3 is 15.4 Å². The molecular formula is C15H28N2O2S. The summed E-state index contributed by atoms with van der Waals surface area (Å²) in [7, 11) is 0. The molecule has 1 fully saturated rings. The van der Waals surface area contributed by atoms with Crippen LogP contribution in [0.3, 0.4) is 0 Å². The third-order valence-electron chi connectivity index (χ3n) is 4.31. The predicted octanol–water partition coefficient (Wildman–Crippen LogP) is 2.50. The van der Waals surface area contributed by atoms with Gasteiger partial charge >= 0.3 is 0 Å². The lowest BCUT2D eigenvalue weighted by Crippen LogP contribution is -2.53. The van der Waals surface area contributed by atoms with E-state index in [1.165, 1.54) is 0 Å². The third kappa shape index (κ3) is 3.70. The molecule has 0 aromatic rings. The highest BCUT2D eigenvalue weighted by Crippen LogP contribution is 2.31. The van der Waals surface area contributed by atoms with Crippen molar-refractivity contribution >= 4 is 23.1 Å². The van der Waals surface area contributed by atoms with Crippen molar-refractivity contribution in [1.29, 1.82) is 0 Å². The highest BCUT2D eigenvalue weighted by Gasteiger charge is 2.42. The molecule has 0 radical (unpaired) electrons. The van der Waals surface area contributed by atoms with Gasteiger partial charge in [-0.15, -0.1) is 0 Å². The van der Waals surface area contributed by atoms with E-state index < -0.39 is 5.41 Å². The fourth-order valence-corrected chi connectivity index (χ4v) is 3.23. The number of piperidine rings is 1. The number of ether oxygens (including phenoxy) is 1. The summed E-state index contributed by atoms with van der Waals surface area (Å²) in [4.78, 5) is 15.1. The van der Waals surface area contributed by atoms with Crippen molar-refractivity contribution in [2.45, 2.75) is 59.0 Å². The molecule has 1 rings (SSSR count). The van der Waals surface area contributed by atoms with E-state index in [4.69, 9.17) is 22.7 Å². The maximum absolute atomic E-state index is 12.8. The highest BCUT2D eigenvalue weighted by molar-refractivity contribution is 7.80. The van der Waals surface area contributed by atoms with Gasteiger partial charge in [0.05, 0.1) is 16.5 Å². The average molecular weight is 300 g/mol. The van der Waals surface area contributed by atoms with E-state index in [1.54, 1.807) is 0 Å². The van der Waals surface area contributed by atoms with Crippen molar-refractivity contribution in [3.8, 4) is 0 Å². The van der Waals surface area contributed by atoms with Crippen LogP contribution < -0.4 is 5.73 Å². The molecule has 1 heterocycles. The minimum absolute atomic E-state index is 0.0831. The van der Waals surface area contributed by atoms with Gasteiger partial charge in [-0.05, 0) is 32.1 Å². The van der Waals surface area contributed by atoms with E-state index in [-0.39, 0.29) is 12.0 Å². The minimum atomic E-state index is -0.679. The van der Waals surface area contributed by atoms with Crippen LogP contribution in [0.1, 0.15) is 52.9 Å². The van der Waals surface area contributed by atoms with Crippen molar-refractivity contribution in [1.82, 2.24) is 4.90 Å².